The number of aromatic nitrogens is 2. The van der Waals surface area contributed by atoms with E-state index in [4.69, 9.17) is 0 Å². The van der Waals surface area contributed by atoms with Crippen LogP contribution in [0.3, 0.4) is 0 Å². The van der Waals surface area contributed by atoms with E-state index in [1.807, 2.05) is 12.4 Å². The summed E-state index contributed by atoms with van der Waals surface area (Å²) in [6, 6.07) is 0. The van der Waals surface area contributed by atoms with Gasteiger partial charge in [0.15, 0.2) is 0 Å². The Hall–Kier alpha value is -1.16. The van der Waals surface area contributed by atoms with Gasteiger partial charge in [-0.05, 0) is 33.6 Å². The van der Waals surface area contributed by atoms with Crippen LogP contribution in [-0.4, -0.2) is 28.6 Å². The van der Waals surface area contributed by atoms with Crippen LogP contribution < -0.4 is 10.2 Å². The molecule has 4 heteroatoms. The Morgan fingerprint density at radius 3 is 1.95 bits per heavy atom. The Morgan fingerprint density at radius 1 is 1.00 bits per heavy atom. The highest BCUT2D eigenvalue weighted by atomic mass is 15.2. The maximum atomic E-state index is 4.56. The second kappa shape index (κ2) is 8.98. The van der Waals surface area contributed by atoms with Gasteiger partial charge in [0.05, 0.1) is 0 Å². The predicted molar refractivity (Wildman–Crippen MR) is 90.7 cm³/mol. The standard InChI is InChI=1S/C17H32N4/c1-6-8-10-21(11-9-7-2)16-18-12-15(13-19-16)14-20-17(3,4)5/h12-13,20H,6-11,14H2,1-5H3. The molecule has 1 heterocycles. The average molecular weight is 292 g/mol. The van der Waals surface area contributed by atoms with Gasteiger partial charge in [0, 0.05) is 43.1 Å². The molecule has 0 radical (unpaired) electrons. The molecule has 120 valence electrons. The smallest absolute Gasteiger partial charge is 0.225 e. The van der Waals surface area contributed by atoms with E-state index in [0.717, 1.165) is 31.1 Å². The van der Waals surface area contributed by atoms with Crippen LogP contribution in [0.2, 0.25) is 0 Å². The van der Waals surface area contributed by atoms with E-state index >= 15 is 0 Å². The summed E-state index contributed by atoms with van der Waals surface area (Å²) >= 11 is 0. The van der Waals surface area contributed by atoms with Crippen LogP contribution >= 0.6 is 0 Å². The molecule has 0 fully saturated rings. The summed E-state index contributed by atoms with van der Waals surface area (Å²) < 4.78 is 0. The highest BCUT2D eigenvalue weighted by Crippen LogP contribution is 2.11. The lowest BCUT2D eigenvalue weighted by Crippen LogP contribution is -2.35. The third-order valence-corrected chi connectivity index (χ3v) is 3.36. The van der Waals surface area contributed by atoms with Gasteiger partial charge in [-0.2, -0.15) is 0 Å². The Balaban J connectivity index is 2.63. The van der Waals surface area contributed by atoms with E-state index < -0.39 is 0 Å². The molecule has 0 saturated heterocycles. The average Bonchev–Trinajstić information content (AvgIpc) is 2.45. The van der Waals surface area contributed by atoms with Crippen molar-refractivity contribution in [1.82, 2.24) is 15.3 Å². The number of rotatable bonds is 9. The molecule has 21 heavy (non-hydrogen) atoms. The van der Waals surface area contributed by atoms with Crippen molar-refractivity contribution in [3.63, 3.8) is 0 Å². The number of anilines is 1. The van der Waals surface area contributed by atoms with Gasteiger partial charge in [0.25, 0.3) is 0 Å². The summed E-state index contributed by atoms with van der Waals surface area (Å²) in [7, 11) is 0. The second-order valence-electron chi connectivity index (χ2n) is 6.69. The molecule has 0 aliphatic rings. The van der Waals surface area contributed by atoms with Crippen LogP contribution in [0.15, 0.2) is 12.4 Å². The van der Waals surface area contributed by atoms with Crippen molar-refractivity contribution in [2.75, 3.05) is 18.0 Å². The maximum absolute atomic E-state index is 4.56. The van der Waals surface area contributed by atoms with Gasteiger partial charge in [0.2, 0.25) is 5.95 Å². The van der Waals surface area contributed by atoms with Gasteiger partial charge in [-0.3, -0.25) is 0 Å². The maximum Gasteiger partial charge on any atom is 0.225 e. The van der Waals surface area contributed by atoms with Crippen LogP contribution in [0.25, 0.3) is 0 Å². The highest BCUT2D eigenvalue weighted by Gasteiger charge is 2.11. The Labute approximate surface area is 130 Å². The quantitative estimate of drug-likeness (QED) is 0.752. The topological polar surface area (TPSA) is 41.1 Å². The molecular formula is C17H32N4. The molecule has 0 spiro atoms. The van der Waals surface area contributed by atoms with Crippen LogP contribution in [0.1, 0.15) is 65.9 Å². The van der Waals surface area contributed by atoms with Crippen LogP contribution in [0, 0.1) is 0 Å². The molecule has 1 rings (SSSR count). The molecule has 0 aliphatic carbocycles. The first-order valence-corrected chi connectivity index (χ1v) is 8.27. The van der Waals surface area contributed by atoms with Gasteiger partial charge in [-0.15, -0.1) is 0 Å². The van der Waals surface area contributed by atoms with E-state index in [9.17, 15) is 0 Å². The first-order chi connectivity index (χ1) is 9.96. The lowest BCUT2D eigenvalue weighted by molar-refractivity contribution is 0.423. The molecule has 1 N–H and O–H groups in total. The van der Waals surface area contributed by atoms with Crippen molar-refractivity contribution in [1.29, 1.82) is 0 Å². The van der Waals surface area contributed by atoms with Crippen molar-refractivity contribution < 1.29 is 0 Å². The summed E-state index contributed by atoms with van der Waals surface area (Å²) in [4.78, 5) is 11.4. The van der Waals surface area contributed by atoms with Crippen molar-refractivity contribution in [2.45, 2.75) is 72.4 Å². The summed E-state index contributed by atoms with van der Waals surface area (Å²) in [5.74, 6) is 0.872. The van der Waals surface area contributed by atoms with Crippen molar-refractivity contribution in [3.8, 4) is 0 Å². The van der Waals surface area contributed by atoms with Crippen LogP contribution in [-0.2, 0) is 6.54 Å². The molecule has 0 aromatic carbocycles. The molecule has 0 saturated carbocycles. The molecule has 1 aromatic rings. The fourth-order valence-electron chi connectivity index (χ4n) is 1.98. The van der Waals surface area contributed by atoms with E-state index in [2.05, 4.69) is 54.8 Å². The minimum atomic E-state index is 0.118. The highest BCUT2D eigenvalue weighted by molar-refractivity contribution is 5.29. The minimum absolute atomic E-state index is 0.118. The van der Waals surface area contributed by atoms with E-state index in [1.54, 1.807) is 0 Å². The van der Waals surface area contributed by atoms with Crippen LogP contribution in [0.5, 0.6) is 0 Å². The van der Waals surface area contributed by atoms with E-state index in [0.29, 0.717) is 0 Å². The second-order valence-corrected chi connectivity index (χ2v) is 6.69. The summed E-state index contributed by atoms with van der Waals surface area (Å²) in [6.07, 6.45) is 8.70. The summed E-state index contributed by atoms with van der Waals surface area (Å²) in [5, 5.41) is 3.46. The summed E-state index contributed by atoms with van der Waals surface area (Å²) in [6.45, 7) is 13.9. The normalized spacial score (nSPS) is 11.7. The molecule has 0 atom stereocenters. The molecule has 1 aromatic heterocycles. The van der Waals surface area contributed by atoms with E-state index in [1.165, 1.54) is 25.7 Å². The van der Waals surface area contributed by atoms with Crippen molar-refractivity contribution in [3.05, 3.63) is 18.0 Å². The molecule has 0 aliphatic heterocycles. The van der Waals surface area contributed by atoms with Gasteiger partial charge in [-0.1, -0.05) is 26.7 Å². The van der Waals surface area contributed by atoms with Gasteiger partial charge in [-0.25, -0.2) is 9.97 Å². The van der Waals surface area contributed by atoms with Gasteiger partial charge in [0.1, 0.15) is 0 Å². The lowest BCUT2D eigenvalue weighted by atomic mass is 10.1. The predicted octanol–water partition coefficient (Wildman–Crippen LogP) is 3.77. The largest absolute Gasteiger partial charge is 0.341 e. The third-order valence-electron chi connectivity index (χ3n) is 3.36. The SMILES string of the molecule is CCCCN(CCCC)c1ncc(CNC(C)(C)C)cn1. The minimum Gasteiger partial charge on any atom is -0.341 e. The number of nitrogens with one attached hydrogen (secondary N) is 1. The van der Waals surface area contributed by atoms with Gasteiger partial charge < -0.3 is 10.2 Å². The van der Waals surface area contributed by atoms with Gasteiger partial charge >= 0.3 is 0 Å². The number of hydrogen-bond donors (Lipinski definition) is 1. The lowest BCUT2D eigenvalue weighted by Gasteiger charge is -2.23. The monoisotopic (exact) mass is 292 g/mol. The zero-order chi connectivity index (χ0) is 15.7. The Bertz CT molecular complexity index is 373. The van der Waals surface area contributed by atoms with Crippen molar-refractivity contribution in [2.24, 2.45) is 0 Å². The third kappa shape index (κ3) is 7.42. The molecule has 0 bridgehead atoms. The van der Waals surface area contributed by atoms with E-state index in [-0.39, 0.29) is 5.54 Å². The van der Waals surface area contributed by atoms with Crippen LogP contribution in [0.4, 0.5) is 5.95 Å². The Kier molecular flexibility index (Phi) is 7.65. The fourth-order valence-corrected chi connectivity index (χ4v) is 1.98. The zero-order valence-electron chi connectivity index (χ0n) is 14.4. The molecule has 0 amide bonds. The summed E-state index contributed by atoms with van der Waals surface area (Å²) in [5.41, 5.74) is 1.26. The molecule has 0 unspecified atom stereocenters. The Morgan fingerprint density at radius 2 is 1.52 bits per heavy atom. The van der Waals surface area contributed by atoms with Crippen molar-refractivity contribution >= 4 is 5.95 Å². The number of hydrogen-bond acceptors (Lipinski definition) is 4. The first-order valence-electron chi connectivity index (χ1n) is 8.27. The number of nitrogens with zero attached hydrogens (tertiary/aromatic N) is 3. The first kappa shape index (κ1) is 17.9. The molecule has 4 nitrogen and oxygen atoms in total. The molecular weight excluding hydrogens is 260 g/mol. The fraction of sp³-hybridized carbons (Fsp3) is 0.765. The zero-order valence-corrected chi connectivity index (χ0v) is 14.4. The number of unbranched alkanes of at least 4 members (excludes halogenated alkanes) is 2.